The fourth-order valence-corrected chi connectivity index (χ4v) is 4.65. The van der Waals surface area contributed by atoms with Crippen molar-refractivity contribution >= 4 is 28.3 Å². The van der Waals surface area contributed by atoms with E-state index in [1.165, 1.54) is 16.9 Å². The molecule has 2 amide bonds. The van der Waals surface area contributed by atoms with Crippen molar-refractivity contribution < 1.29 is 14.3 Å². The minimum Gasteiger partial charge on any atom is -0.494 e. The summed E-state index contributed by atoms with van der Waals surface area (Å²) >= 11 is 1.45. The lowest BCUT2D eigenvalue weighted by molar-refractivity contribution is -0.116. The molecule has 0 unspecified atom stereocenters. The normalized spacial score (nSPS) is 12.8. The number of hydrogen-bond donors (Lipinski definition) is 1. The maximum absolute atomic E-state index is 12.7. The van der Waals surface area contributed by atoms with Gasteiger partial charge in [0.05, 0.1) is 18.8 Å². The quantitative estimate of drug-likeness (QED) is 0.506. The first-order chi connectivity index (χ1) is 15.6. The number of rotatable bonds is 8. The summed E-state index contributed by atoms with van der Waals surface area (Å²) in [4.78, 5) is 32.5. The second-order valence-electron chi connectivity index (χ2n) is 7.73. The van der Waals surface area contributed by atoms with Crippen LogP contribution in [-0.2, 0) is 24.2 Å². The molecule has 0 saturated heterocycles. The zero-order chi connectivity index (χ0) is 22.3. The molecule has 166 valence electrons. The Bertz CT molecular complexity index is 1060. The van der Waals surface area contributed by atoms with Gasteiger partial charge in [-0.05, 0) is 42.7 Å². The molecule has 3 aromatic rings. The van der Waals surface area contributed by atoms with Gasteiger partial charge in [-0.1, -0.05) is 48.6 Å². The van der Waals surface area contributed by atoms with Gasteiger partial charge in [-0.2, -0.15) is 0 Å². The Kier molecular flexibility index (Phi) is 7.17. The van der Waals surface area contributed by atoms with Crippen LogP contribution in [0.1, 0.15) is 46.3 Å². The van der Waals surface area contributed by atoms with Crippen LogP contribution >= 0.6 is 11.3 Å². The summed E-state index contributed by atoms with van der Waals surface area (Å²) in [5, 5.41) is 3.50. The highest BCUT2D eigenvalue weighted by molar-refractivity contribution is 7.15. The van der Waals surface area contributed by atoms with Crippen molar-refractivity contribution in [2.45, 2.75) is 39.2 Å². The van der Waals surface area contributed by atoms with Crippen LogP contribution in [0.5, 0.6) is 5.75 Å². The molecular formula is C25H27N3O3S. The second kappa shape index (κ2) is 10.4. The van der Waals surface area contributed by atoms with Crippen LogP contribution in [0.2, 0.25) is 0 Å². The maximum Gasteiger partial charge on any atom is 0.254 e. The SMILES string of the molecule is CCc1ccc(OCCCC(=O)Nc2nc3c(s2)CN(C(=O)c2ccccc2)CC3)cc1. The average molecular weight is 450 g/mol. The Morgan fingerprint density at radius 2 is 1.91 bits per heavy atom. The fraction of sp³-hybridized carbons (Fsp3) is 0.320. The molecule has 0 aliphatic carbocycles. The Balaban J connectivity index is 1.24. The summed E-state index contributed by atoms with van der Waals surface area (Å²) in [6.45, 7) is 3.77. The summed E-state index contributed by atoms with van der Waals surface area (Å²) in [5.74, 6) is 0.780. The van der Waals surface area contributed by atoms with Crippen LogP contribution in [0.15, 0.2) is 54.6 Å². The van der Waals surface area contributed by atoms with E-state index >= 15 is 0 Å². The molecule has 1 aromatic heterocycles. The predicted molar refractivity (Wildman–Crippen MR) is 126 cm³/mol. The van der Waals surface area contributed by atoms with E-state index in [0.717, 1.165) is 22.7 Å². The molecule has 2 aromatic carbocycles. The summed E-state index contributed by atoms with van der Waals surface area (Å²) in [6.07, 6.45) is 2.70. The molecule has 32 heavy (non-hydrogen) atoms. The van der Waals surface area contributed by atoms with E-state index in [-0.39, 0.29) is 11.8 Å². The van der Waals surface area contributed by atoms with Gasteiger partial charge in [-0.3, -0.25) is 9.59 Å². The van der Waals surface area contributed by atoms with Crippen molar-refractivity contribution in [3.8, 4) is 5.75 Å². The molecule has 1 aliphatic rings. The largest absolute Gasteiger partial charge is 0.494 e. The Labute approximate surface area is 192 Å². The number of anilines is 1. The summed E-state index contributed by atoms with van der Waals surface area (Å²) in [7, 11) is 0. The number of benzene rings is 2. The van der Waals surface area contributed by atoms with Crippen molar-refractivity contribution in [1.29, 1.82) is 0 Å². The smallest absolute Gasteiger partial charge is 0.254 e. The summed E-state index contributed by atoms with van der Waals surface area (Å²) in [6, 6.07) is 17.3. The van der Waals surface area contributed by atoms with Gasteiger partial charge in [-0.25, -0.2) is 4.98 Å². The number of nitrogens with zero attached hydrogens (tertiary/aromatic N) is 2. The fourth-order valence-electron chi connectivity index (χ4n) is 3.61. The standard InChI is InChI=1S/C25H27N3O3S/c1-2-18-10-12-20(13-11-18)31-16-6-9-23(29)27-25-26-21-14-15-28(17-22(21)32-25)24(30)19-7-4-3-5-8-19/h3-5,7-8,10-13H,2,6,9,14-17H2,1H3,(H,26,27,29). The lowest BCUT2D eigenvalue weighted by Gasteiger charge is -2.26. The number of hydrogen-bond acceptors (Lipinski definition) is 5. The molecule has 0 fully saturated rings. The monoisotopic (exact) mass is 449 g/mol. The van der Waals surface area contributed by atoms with Gasteiger partial charge in [-0.15, -0.1) is 0 Å². The van der Waals surface area contributed by atoms with Crippen molar-refractivity contribution in [3.63, 3.8) is 0 Å². The predicted octanol–water partition coefficient (Wildman–Crippen LogP) is 4.70. The highest BCUT2D eigenvalue weighted by atomic mass is 32.1. The number of amides is 2. The molecule has 1 N–H and O–H groups in total. The zero-order valence-corrected chi connectivity index (χ0v) is 19.0. The van der Waals surface area contributed by atoms with Gasteiger partial charge in [0.15, 0.2) is 5.13 Å². The van der Waals surface area contributed by atoms with Gasteiger partial charge < -0.3 is 15.0 Å². The number of nitrogens with one attached hydrogen (secondary N) is 1. The van der Waals surface area contributed by atoms with E-state index in [1.54, 1.807) is 0 Å². The first-order valence-corrected chi connectivity index (χ1v) is 11.8. The van der Waals surface area contributed by atoms with Gasteiger partial charge in [0.1, 0.15) is 5.75 Å². The summed E-state index contributed by atoms with van der Waals surface area (Å²) < 4.78 is 5.71. The number of ether oxygens (including phenoxy) is 1. The first-order valence-electron chi connectivity index (χ1n) is 11.0. The van der Waals surface area contributed by atoms with Crippen LogP contribution < -0.4 is 10.1 Å². The first kappa shape index (κ1) is 22.0. The van der Waals surface area contributed by atoms with Crippen molar-refractivity contribution in [2.75, 3.05) is 18.5 Å². The molecular weight excluding hydrogens is 422 g/mol. The average Bonchev–Trinajstić information content (AvgIpc) is 3.23. The Morgan fingerprint density at radius 3 is 2.66 bits per heavy atom. The highest BCUT2D eigenvalue weighted by Gasteiger charge is 2.25. The van der Waals surface area contributed by atoms with E-state index < -0.39 is 0 Å². The van der Waals surface area contributed by atoms with Gasteiger partial charge in [0.25, 0.3) is 5.91 Å². The zero-order valence-electron chi connectivity index (χ0n) is 18.2. The van der Waals surface area contributed by atoms with Crippen molar-refractivity contribution in [2.24, 2.45) is 0 Å². The second-order valence-corrected chi connectivity index (χ2v) is 8.81. The molecule has 7 heteroatoms. The molecule has 4 rings (SSSR count). The molecule has 0 atom stereocenters. The molecule has 0 spiro atoms. The van der Waals surface area contributed by atoms with E-state index in [9.17, 15) is 9.59 Å². The molecule has 6 nitrogen and oxygen atoms in total. The maximum atomic E-state index is 12.7. The summed E-state index contributed by atoms with van der Waals surface area (Å²) in [5.41, 5.74) is 2.94. The van der Waals surface area contributed by atoms with E-state index in [1.807, 2.05) is 47.4 Å². The number of fused-ring (bicyclic) bond motifs is 1. The topological polar surface area (TPSA) is 71.5 Å². The van der Waals surface area contributed by atoms with Crippen LogP contribution in [0, 0.1) is 0 Å². The number of carbonyl (C=O) groups is 2. The van der Waals surface area contributed by atoms with E-state index in [0.29, 0.717) is 49.7 Å². The minimum absolute atomic E-state index is 0.0274. The molecule has 0 saturated carbocycles. The molecule has 0 radical (unpaired) electrons. The number of carbonyl (C=O) groups excluding carboxylic acids is 2. The Morgan fingerprint density at radius 1 is 1.12 bits per heavy atom. The third kappa shape index (κ3) is 5.53. The molecule has 2 heterocycles. The van der Waals surface area contributed by atoms with Crippen LogP contribution in [0.3, 0.4) is 0 Å². The van der Waals surface area contributed by atoms with E-state index in [4.69, 9.17) is 4.74 Å². The molecule has 1 aliphatic heterocycles. The number of thiazole rings is 1. The third-order valence-corrected chi connectivity index (χ3v) is 6.43. The van der Waals surface area contributed by atoms with Gasteiger partial charge in [0, 0.05) is 29.8 Å². The van der Waals surface area contributed by atoms with Crippen LogP contribution in [0.25, 0.3) is 0 Å². The van der Waals surface area contributed by atoms with Crippen molar-refractivity contribution in [1.82, 2.24) is 9.88 Å². The highest BCUT2D eigenvalue weighted by Crippen LogP contribution is 2.29. The minimum atomic E-state index is -0.0711. The number of aryl methyl sites for hydroxylation is 1. The molecule has 0 bridgehead atoms. The lowest BCUT2D eigenvalue weighted by atomic mass is 10.1. The van der Waals surface area contributed by atoms with Crippen LogP contribution in [0.4, 0.5) is 5.13 Å². The van der Waals surface area contributed by atoms with Crippen molar-refractivity contribution in [3.05, 3.63) is 76.3 Å². The lowest BCUT2D eigenvalue weighted by Crippen LogP contribution is -2.35. The van der Waals surface area contributed by atoms with Gasteiger partial charge in [0.2, 0.25) is 5.91 Å². The number of aromatic nitrogens is 1. The third-order valence-electron chi connectivity index (χ3n) is 5.43. The van der Waals surface area contributed by atoms with Gasteiger partial charge >= 0.3 is 0 Å². The van der Waals surface area contributed by atoms with Crippen LogP contribution in [-0.4, -0.2) is 34.8 Å². The Hall–Kier alpha value is -3.19. The van der Waals surface area contributed by atoms with E-state index in [2.05, 4.69) is 29.4 Å².